The van der Waals surface area contributed by atoms with Crippen LogP contribution in [0.1, 0.15) is 5.69 Å². The summed E-state index contributed by atoms with van der Waals surface area (Å²) in [5.74, 6) is 0. The lowest BCUT2D eigenvalue weighted by atomic mass is 10.0. The summed E-state index contributed by atoms with van der Waals surface area (Å²) >= 11 is 0. The van der Waals surface area contributed by atoms with Gasteiger partial charge in [0.05, 0.1) is 16.8 Å². The fraction of sp³-hybridized carbons (Fsp3) is 0.214. The minimum Gasteiger partial charge on any atom is -0.397 e. The van der Waals surface area contributed by atoms with Gasteiger partial charge in [0.15, 0.2) is 0 Å². The van der Waals surface area contributed by atoms with Gasteiger partial charge in [0.25, 0.3) is 0 Å². The number of sulfonamides is 1. The summed E-state index contributed by atoms with van der Waals surface area (Å²) in [6, 6.07) is 8.54. The normalized spacial score (nSPS) is 11.8. The van der Waals surface area contributed by atoms with Crippen molar-refractivity contribution in [2.45, 2.75) is 11.8 Å². The van der Waals surface area contributed by atoms with Gasteiger partial charge in [-0.15, -0.1) is 0 Å². The molecule has 0 saturated carbocycles. The standard InChI is InChI=1S/C14H17N3O2S/c1-10-14(8-12(15)9-16-10)11-4-6-13(7-5-11)20(18,19)17(2)3/h4-9H,15H2,1-3H3. The molecule has 2 N–H and O–H groups in total. The lowest BCUT2D eigenvalue weighted by Gasteiger charge is -2.12. The van der Waals surface area contributed by atoms with Gasteiger partial charge in [-0.3, -0.25) is 4.98 Å². The number of anilines is 1. The fourth-order valence-electron chi connectivity index (χ4n) is 1.86. The number of benzene rings is 1. The van der Waals surface area contributed by atoms with E-state index in [0.717, 1.165) is 16.8 Å². The van der Waals surface area contributed by atoms with Gasteiger partial charge < -0.3 is 5.73 Å². The van der Waals surface area contributed by atoms with Crippen LogP contribution >= 0.6 is 0 Å². The minimum absolute atomic E-state index is 0.265. The molecule has 1 heterocycles. The second kappa shape index (κ2) is 5.22. The summed E-state index contributed by atoms with van der Waals surface area (Å²) in [6.07, 6.45) is 1.60. The quantitative estimate of drug-likeness (QED) is 0.937. The Bertz CT molecular complexity index is 723. The number of hydrogen-bond donors (Lipinski definition) is 1. The zero-order valence-corrected chi connectivity index (χ0v) is 12.5. The molecule has 0 unspecified atom stereocenters. The Morgan fingerprint density at radius 3 is 2.30 bits per heavy atom. The molecule has 0 spiro atoms. The van der Waals surface area contributed by atoms with Crippen molar-refractivity contribution in [2.75, 3.05) is 19.8 Å². The van der Waals surface area contributed by atoms with Gasteiger partial charge in [0, 0.05) is 25.4 Å². The molecule has 0 amide bonds. The molecule has 0 aliphatic heterocycles. The van der Waals surface area contributed by atoms with Crippen molar-refractivity contribution in [3.63, 3.8) is 0 Å². The Kier molecular flexibility index (Phi) is 3.78. The molecule has 20 heavy (non-hydrogen) atoms. The molecular weight excluding hydrogens is 274 g/mol. The van der Waals surface area contributed by atoms with Crippen LogP contribution in [-0.4, -0.2) is 31.8 Å². The Balaban J connectivity index is 2.46. The number of nitrogen functional groups attached to an aromatic ring is 1. The highest BCUT2D eigenvalue weighted by molar-refractivity contribution is 7.89. The lowest BCUT2D eigenvalue weighted by Crippen LogP contribution is -2.22. The van der Waals surface area contributed by atoms with Crippen LogP contribution in [0.15, 0.2) is 41.4 Å². The molecule has 0 aliphatic carbocycles. The highest BCUT2D eigenvalue weighted by Gasteiger charge is 2.16. The molecule has 2 rings (SSSR count). The SMILES string of the molecule is Cc1ncc(N)cc1-c1ccc(S(=O)(=O)N(C)C)cc1. The first kappa shape index (κ1) is 14.5. The Hall–Kier alpha value is -1.92. The summed E-state index contributed by atoms with van der Waals surface area (Å²) in [4.78, 5) is 4.47. The van der Waals surface area contributed by atoms with Crippen molar-refractivity contribution >= 4 is 15.7 Å². The Labute approximate surface area is 119 Å². The van der Waals surface area contributed by atoms with Crippen molar-refractivity contribution < 1.29 is 8.42 Å². The van der Waals surface area contributed by atoms with Crippen molar-refractivity contribution in [2.24, 2.45) is 0 Å². The second-order valence-corrected chi connectivity index (χ2v) is 6.87. The molecule has 0 bridgehead atoms. The smallest absolute Gasteiger partial charge is 0.242 e. The number of pyridine rings is 1. The number of nitrogens with zero attached hydrogens (tertiary/aromatic N) is 2. The summed E-state index contributed by atoms with van der Waals surface area (Å²) < 4.78 is 25.2. The predicted octanol–water partition coefficient (Wildman–Crippen LogP) is 1.89. The van der Waals surface area contributed by atoms with Crippen LogP contribution < -0.4 is 5.73 Å². The maximum atomic E-state index is 12.0. The monoisotopic (exact) mass is 291 g/mol. The van der Waals surface area contributed by atoms with E-state index in [2.05, 4.69) is 4.98 Å². The van der Waals surface area contributed by atoms with Gasteiger partial charge in [0.2, 0.25) is 10.0 Å². The third-order valence-corrected chi connectivity index (χ3v) is 4.88. The molecule has 6 heteroatoms. The topological polar surface area (TPSA) is 76.3 Å². The van der Waals surface area contributed by atoms with Crippen LogP contribution in [0.25, 0.3) is 11.1 Å². The van der Waals surface area contributed by atoms with Crippen molar-refractivity contribution in [1.82, 2.24) is 9.29 Å². The number of rotatable bonds is 3. The largest absolute Gasteiger partial charge is 0.397 e. The molecule has 0 aliphatic rings. The van der Waals surface area contributed by atoms with E-state index >= 15 is 0 Å². The average Bonchev–Trinajstić information content (AvgIpc) is 2.41. The number of aryl methyl sites for hydroxylation is 1. The summed E-state index contributed by atoms with van der Waals surface area (Å²) in [6.45, 7) is 1.89. The van der Waals surface area contributed by atoms with Gasteiger partial charge in [-0.05, 0) is 30.7 Å². The second-order valence-electron chi connectivity index (χ2n) is 4.71. The summed E-state index contributed by atoms with van der Waals surface area (Å²) in [7, 11) is -0.383. The highest BCUT2D eigenvalue weighted by Crippen LogP contribution is 2.25. The van der Waals surface area contributed by atoms with Crippen molar-refractivity contribution in [3.8, 4) is 11.1 Å². The van der Waals surface area contributed by atoms with E-state index in [0.29, 0.717) is 5.69 Å². The van der Waals surface area contributed by atoms with Gasteiger partial charge in [-0.2, -0.15) is 0 Å². The molecule has 0 fully saturated rings. The number of nitrogens with two attached hydrogens (primary N) is 1. The summed E-state index contributed by atoms with van der Waals surface area (Å²) in [5.41, 5.74) is 8.96. The Morgan fingerprint density at radius 1 is 1.15 bits per heavy atom. The third kappa shape index (κ3) is 2.66. The van der Waals surface area contributed by atoms with Crippen LogP contribution in [0, 0.1) is 6.92 Å². The van der Waals surface area contributed by atoms with Crippen LogP contribution in [0.5, 0.6) is 0 Å². The first-order chi connectivity index (χ1) is 9.32. The first-order valence-electron chi connectivity index (χ1n) is 6.07. The van der Waals surface area contributed by atoms with E-state index in [1.54, 1.807) is 30.5 Å². The zero-order chi connectivity index (χ0) is 14.9. The molecule has 106 valence electrons. The Morgan fingerprint density at radius 2 is 1.75 bits per heavy atom. The number of aromatic nitrogens is 1. The van der Waals surface area contributed by atoms with Gasteiger partial charge in [-0.25, -0.2) is 12.7 Å². The lowest BCUT2D eigenvalue weighted by molar-refractivity contribution is 0.521. The van der Waals surface area contributed by atoms with Crippen molar-refractivity contribution in [3.05, 3.63) is 42.2 Å². The van der Waals surface area contributed by atoms with E-state index in [4.69, 9.17) is 5.73 Å². The fourth-order valence-corrected chi connectivity index (χ4v) is 2.76. The minimum atomic E-state index is -3.40. The van der Waals surface area contributed by atoms with Gasteiger partial charge in [0.1, 0.15) is 0 Å². The van der Waals surface area contributed by atoms with Crippen molar-refractivity contribution in [1.29, 1.82) is 0 Å². The van der Waals surface area contributed by atoms with E-state index < -0.39 is 10.0 Å². The predicted molar refractivity (Wildman–Crippen MR) is 79.7 cm³/mol. The molecule has 0 radical (unpaired) electrons. The van der Waals surface area contributed by atoms with Gasteiger partial charge >= 0.3 is 0 Å². The van der Waals surface area contributed by atoms with Gasteiger partial charge in [-0.1, -0.05) is 12.1 Å². The molecule has 5 nitrogen and oxygen atoms in total. The molecular formula is C14H17N3O2S. The van der Waals surface area contributed by atoms with Crippen LogP contribution in [0.4, 0.5) is 5.69 Å². The average molecular weight is 291 g/mol. The van der Waals surface area contributed by atoms with Crippen LogP contribution in [0.2, 0.25) is 0 Å². The molecule has 0 atom stereocenters. The van der Waals surface area contributed by atoms with Crippen LogP contribution in [-0.2, 0) is 10.0 Å². The highest BCUT2D eigenvalue weighted by atomic mass is 32.2. The molecule has 1 aromatic heterocycles. The van der Waals surface area contributed by atoms with E-state index in [-0.39, 0.29) is 4.90 Å². The maximum Gasteiger partial charge on any atom is 0.242 e. The number of hydrogen-bond acceptors (Lipinski definition) is 4. The zero-order valence-electron chi connectivity index (χ0n) is 11.7. The first-order valence-corrected chi connectivity index (χ1v) is 7.51. The molecule has 1 aromatic carbocycles. The summed E-state index contributed by atoms with van der Waals surface area (Å²) in [5, 5.41) is 0. The van der Waals surface area contributed by atoms with E-state index in [9.17, 15) is 8.42 Å². The molecule has 0 saturated heterocycles. The van der Waals surface area contributed by atoms with E-state index in [1.807, 2.05) is 13.0 Å². The third-order valence-electron chi connectivity index (χ3n) is 3.05. The van der Waals surface area contributed by atoms with Crippen LogP contribution in [0.3, 0.4) is 0 Å². The maximum absolute atomic E-state index is 12.0. The van der Waals surface area contributed by atoms with E-state index in [1.165, 1.54) is 18.4 Å². The molecule has 2 aromatic rings.